The van der Waals surface area contributed by atoms with Gasteiger partial charge in [0.1, 0.15) is 5.82 Å². The summed E-state index contributed by atoms with van der Waals surface area (Å²) in [5, 5.41) is 0. The fraction of sp³-hybridized carbons (Fsp3) is 0.364. The van der Waals surface area contributed by atoms with E-state index >= 15 is 0 Å². The van der Waals surface area contributed by atoms with Crippen LogP contribution in [0.4, 0.5) is 10.1 Å². The first-order valence-electron chi connectivity index (χ1n) is 4.65. The molecule has 0 radical (unpaired) electrons. The van der Waals surface area contributed by atoms with E-state index in [1.54, 1.807) is 0 Å². The van der Waals surface area contributed by atoms with Gasteiger partial charge in [0.2, 0.25) is 0 Å². The van der Waals surface area contributed by atoms with Crippen molar-refractivity contribution in [3.63, 3.8) is 0 Å². The van der Waals surface area contributed by atoms with Gasteiger partial charge in [-0.2, -0.15) is 0 Å². The van der Waals surface area contributed by atoms with Crippen LogP contribution < -0.4 is 5.73 Å². The number of benzene rings is 1. The maximum Gasteiger partial charge on any atom is 0.167 e. The van der Waals surface area contributed by atoms with E-state index in [9.17, 15) is 9.18 Å². The highest BCUT2D eigenvalue weighted by molar-refractivity contribution is 6.01. The second-order valence-electron chi connectivity index (χ2n) is 3.41. The number of rotatable bonds is 3. The van der Waals surface area contributed by atoms with Gasteiger partial charge in [-0.15, -0.1) is 0 Å². The molecule has 0 saturated heterocycles. The molecule has 0 aliphatic heterocycles. The molecule has 0 bridgehead atoms. The molecule has 3 heteroatoms. The zero-order valence-electron chi connectivity index (χ0n) is 8.38. The molecule has 0 aliphatic carbocycles. The number of ketones is 1. The SMILES string of the molecule is CCC(C)C(=O)c1ccc(F)cc1N. The predicted octanol–water partition coefficient (Wildman–Crippen LogP) is 2.64. The highest BCUT2D eigenvalue weighted by atomic mass is 19.1. The molecule has 0 fully saturated rings. The fourth-order valence-electron chi connectivity index (χ4n) is 1.21. The van der Waals surface area contributed by atoms with E-state index in [1.165, 1.54) is 18.2 Å². The molecule has 0 spiro atoms. The van der Waals surface area contributed by atoms with Gasteiger partial charge in [-0.1, -0.05) is 13.8 Å². The molecule has 1 rings (SSSR count). The van der Waals surface area contributed by atoms with E-state index in [-0.39, 0.29) is 17.4 Å². The van der Waals surface area contributed by atoms with Crippen LogP contribution in [0.3, 0.4) is 0 Å². The Bertz CT molecular complexity index is 349. The van der Waals surface area contributed by atoms with Gasteiger partial charge in [-0.25, -0.2) is 4.39 Å². The molecule has 1 unspecified atom stereocenters. The lowest BCUT2D eigenvalue weighted by atomic mass is 9.96. The first-order chi connectivity index (χ1) is 6.56. The Morgan fingerprint density at radius 1 is 1.57 bits per heavy atom. The number of anilines is 1. The molecule has 1 aromatic rings. The van der Waals surface area contributed by atoms with Crippen molar-refractivity contribution in [3.05, 3.63) is 29.6 Å². The van der Waals surface area contributed by atoms with Crippen molar-refractivity contribution in [1.82, 2.24) is 0 Å². The maximum absolute atomic E-state index is 12.7. The fourth-order valence-corrected chi connectivity index (χ4v) is 1.21. The normalized spacial score (nSPS) is 12.5. The Labute approximate surface area is 82.9 Å². The molecular weight excluding hydrogens is 181 g/mol. The van der Waals surface area contributed by atoms with Crippen LogP contribution in [0.2, 0.25) is 0 Å². The van der Waals surface area contributed by atoms with E-state index in [2.05, 4.69) is 0 Å². The van der Waals surface area contributed by atoms with Gasteiger partial charge in [0.15, 0.2) is 5.78 Å². The summed E-state index contributed by atoms with van der Waals surface area (Å²) < 4.78 is 12.7. The van der Waals surface area contributed by atoms with Crippen molar-refractivity contribution < 1.29 is 9.18 Å². The minimum absolute atomic E-state index is 0.0231. The van der Waals surface area contributed by atoms with Crippen LogP contribution in [0, 0.1) is 11.7 Å². The number of nitrogens with two attached hydrogens (primary N) is 1. The molecule has 2 nitrogen and oxygen atoms in total. The summed E-state index contributed by atoms with van der Waals surface area (Å²) in [7, 11) is 0. The van der Waals surface area contributed by atoms with Crippen molar-refractivity contribution in [2.75, 3.05) is 5.73 Å². The molecule has 0 heterocycles. The highest BCUT2D eigenvalue weighted by Gasteiger charge is 2.15. The van der Waals surface area contributed by atoms with Crippen molar-refractivity contribution in [3.8, 4) is 0 Å². The van der Waals surface area contributed by atoms with Gasteiger partial charge >= 0.3 is 0 Å². The van der Waals surface area contributed by atoms with E-state index in [4.69, 9.17) is 5.73 Å². The maximum atomic E-state index is 12.7. The number of hydrogen-bond acceptors (Lipinski definition) is 2. The van der Waals surface area contributed by atoms with Crippen LogP contribution in [0.15, 0.2) is 18.2 Å². The molecule has 0 saturated carbocycles. The Morgan fingerprint density at radius 2 is 2.21 bits per heavy atom. The zero-order valence-corrected chi connectivity index (χ0v) is 8.38. The van der Waals surface area contributed by atoms with Gasteiger partial charge in [0.25, 0.3) is 0 Å². The van der Waals surface area contributed by atoms with Crippen LogP contribution >= 0.6 is 0 Å². The monoisotopic (exact) mass is 195 g/mol. The lowest BCUT2D eigenvalue weighted by Gasteiger charge is -2.09. The number of carbonyl (C=O) groups excluding carboxylic acids is 1. The first kappa shape index (κ1) is 10.7. The van der Waals surface area contributed by atoms with Crippen molar-refractivity contribution in [1.29, 1.82) is 0 Å². The van der Waals surface area contributed by atoms with E-state index in [0.29, 0.717) is 5.56 Å². The van der Waals surface area contributed by atoms with Crippen molar-refractivity contribution in [2.24, 2.45) is 5.92 Å². The third-order valence-electron chi connectivity index (χ3n) is 2.34. The number of carbonyl (C=O) groups is 1. The van der Waals surface area contributed by atoms with Gasteiger partial charge in [0.05, 0.1) is 0 Å². The lowest BCUT2D eigenvalue weighted by molar-refractivity contribution is 0.0928. The quantitative estimate of drug-likeness (QED) is 0.595. The summed E-state index contributed by atoms with van der Waals surface area (Å²) in [5.41, 5.74) is 6.19. The van der Waals surface area contributed by atoms with Crippen molar-refractivity contribution in [2.45, 2.75) is 20.3 Å². The molecule has 1 aromatic carbocycles. The summed E-state index contributed by atoms with van der Waals surface area (Å²) in [4.78, 5) is 11.7. The average Bonchev–Trinajstić information content (AvgIpc) is 2.15. The minimum atomic E-state index is -0.414. The number of halogens is 1. The smallest absolute Gasteiger partial charge is 0.167 e. The van der Waals surface area contributed by atoms with Crippen LogP contribution in [0.1, 0.15) is 30.6 Å². The van der Waals surface area contributed by atoms with Crippen LogP contribution in [0.25, 0.3) is 0 Å². The van der Waals surface area contributed by atoms with Gasteiger partial charge in [0, 0.05) is 17.2 Å². The first-order valence-corrected chi connectivity index (χ1v) is 4.65. The number of Topliss-reactive ketones (excluding diaryl/α,β-unsaturated/α-hetero) is 1. The topological polar surface area (TPSA) is 43.1 Å². The summed E-state index contributed by atoms with van der Waals surface area (Å²) in [6.45, 7) is 3.77. The standard InChI is InChI=1S/C11H14FNO/c1-3-7(2)11(14)9-5-4-8(12)6-10(9)13/h4-7H,3,13H2,1-2H3. The molecule has 14 heavy (non-hydrogen) atoms. The minimum Gasteiger partial charge on any atom is -0.398 e. The van der Waals surface area contributed by atoms with E-state index in [1.807, 2.05) is 13.8 Å². The second-order valence-corrected chi connectivity index (χ2v) is 3.41. The number of nitrogen functional groups attached to an aromatic ring is 1. The summed E-state index contributed by atoms with van der Waals surface area (Å²) in [6, 6.07) is 3.88. The molecular formula is C11H14FNO. The molecule has 1 atom stereocenters. The average molecular weight is 195 g/mol. The molecule has 0 aromatic heterocycles. The molecule has 0 aliphatic rings. The van der Waals surface area contributed by atoms with Crippen LogP contribution in [0.5, 0.6) is 0 Å². The Morgan fingerprint density at radius 3 is 2.71 bits per heavy atom. The Balaban J connectivity index is 3.02. The second kappa shape index (κ2) is 4.22. The number of hydrogen-bond donors (Lipinski definition) is 1. The van der Waals surface area contributed by atoms with Gasteiger partial charge in [-0.05, 0) is 24.6 Å². The van der Waals surface area contributed by atoms with Gasteiger partial charge < -0.3 is 5.73 Å². The zero-order chi connectivity index (χ0) is 10.7. The lowest BCUT2D eigenvalue weighted by Crippen LogP contribution is -2.12. The Kier molecular flexibility index (Phi) is 3.23. The van der Waals surface area contributed by atoms with Crippen LogP contribution in [-0.2, 0) is 0 Å². The van der Waals surface area contributed by atoms with Gasteiger partial charge in [-0.3, -0.25) is 4.79 Å². The van der Waals surface area contributed by atoms with Crippen LogP contribution in [-0.4, -0.2) is 5.78 Å². The van der Waals surface area contributed by atoms with Crippen molar-refractivity contribution >= 4 is 11.5 Å². The summed E-state index contributed by atoms with van der Waals surface area (Å²) in [6.07, 6.45) is 0.760. The molecule has 76 valence electrons. The summed E-state index contributed by atoms with van der Waals surface area (Å²) >= 11 is 0. The van der Waals surface area contributed by atoms with E-state index < -0.39 is 5.82 Å². The predicted molar refractivity (Wildman–Crippen MR) is 54.6 cm³/mol. The summed E-state index contributed by atoms with van der Waals surface area (Å²) in [5.74, 6) is -0.504. The highest BCUT2D eigenvalue weighted by Crippen LogP contribution is 2.18. The third kappa shape index (κ3) is 2.10. The Hall–Kier alpha value is -1.38. The molecule has 2 N–H and O–H groups in total. The third-order valence-corrected chi connectivity index (χ3v) is 2.34. The largest absolute Gasteiger partial charge is 0.398 e. The van der Waals surface area contributed by atoms with E-state index in [0.717, 1.165) is 6.42 Å². The molecule has 0 amide bonds.